The van der Waals surface area contributed by atoms with E-state index in [1.54, 1.807) is 10.6 Å². The number of nitrogens with one attached hydrogen (secondary N) is 1. The first kappa shape index (κ1) is 20.0. The van der Waals surface area contributed by atoms with Crippen LogP contribution in [0, 0.1) is 0 Å². The van der Waals surface area contributed by atoms with E-state index >= 15 is 0 Å². The second kappa shape index (κ2) is 7.54. The molecule has 30 heavy (non-hydrogen) atoms. The number of anilines is 1. The van der Waals surface area contributed by atoms with Gasteiger partial charge in [-0.1, -0.05) is 6.07 Å². The molecule has 1 aliphatic rings. The van der Waals surface area contributed by atoms with Crippen LogP contribution < -0.4 is 10.1 Å². The molecule has 3 heterocycles. The monoisotopic (exact) mass is 426 g/mol. The summed E-state index contributed by atoms with van der Waals surface area (Å²) < 4.78 is 70.0. The molecule has 0 atom stereocenters. The molecule has 158 valence electrons. The number of alkyl halides is 5. The van der Waals surface area contributed by atoms with Crippen molar-refractivity contribution in [2.24, 2.45) is 0 Å². The third-order valence-corrected chi connectivity index (χ3v) is 4.44. The number of hydrogen-bond donors (Lipinski definition) is 1. The number of halogens is 5. The number of carbonyl (C=O) groups is 1. The first-order valence-electron chi connectivity index (χ1n) is 8.98. The number of pyridine rings is 2. The quantitative estimate of drug-likeness (QED) is 0.579. The Morgan fingerprint density at radius 2 is 2.00 bits per heavy atom. The molecule has 1 aliphatic carbocycles. The number of hydrogen-bond acceptors (Lipinski definition) is 4. The van der Waals surface area contributed by atoms with E-state index in [0.717, 1.165) is 24.6 Å². The predicted octanol–water partition coefficient (Wildman–Crippen LogP) is 4.74. The Hall–Kier alpha value is -3.24. The van der Waals surface area contributed by atoms with Crippen LogP contribution in [0.1, 0.15) is 47.1 Å². The Morgan fingerprint density at radius 1 is 1.23 bits per heavy atom. The molecule has 1 fully saturated rings. The zero-order chi connectivity index (χ0) is 21.5. The van der Waals surface area contributed by atoms with E-state index in [1.165, 1.54) is 24.4 Å². The summed E-state index contributed by atoms with van der Waals surface area (Å²) in [6.07, 6.45) is -2.39. The van der Waals surface area contributed by atoms with Gasteiger partial charge in [-0.25, -0.2) is 18.7 Å². The van der Waals surface area contributed by atoms with Gasteiger partial charge in [-0.15, -0.1) is 0 Å². The number of aromatic nitrogens is 3. The van der Waals surface area contributed by atoms with Crippen LogP contribution in [0.15, 0.2) is 36.7 Å². The number of ether oxygens (including phenoxy) is 1. The highest BCUT2D eigenvalue weighted by molar-refractivity contribution is 6.03. The van der Waals surface area contributed by atoms with E-state index in [9.17, 15) is 26.7 Å². The minimum atomic E-state index is -4.59. The summed E-state index contributed by atoms with van der Waals surface area (Å²) in [5.74, 6) is -0.800. The molecule has 1 amide bonds. The molecule has 0 saturated heterocycles. The number of amides is 1. The van der Waals surface area contributed by atoms with Crippen LogP contribution in [0.3, 0.4) is 0 Å². The maximum Gasteiger partial charge on any atom is 0.422 e. The Balaban J connectivity index is 1.66. The molecule has 0 unspecified atom stereocenters. The van der Waals surface area contributed by atoms with Gasteiger partial charge in [0.15, 0.2) is 6.61 Å². The van der Waals surface area contributed by atoms with Crippen molar-refractivity contribution in [3.8, 4) is 5.75 Å². The average molecular weight is 426 g/mol. The standard InChI is InChI=1S/C19H15F5N4O2/c20-17(21)11-2-1-3-12(25-11)18(29)27-14-8-28-7-13(10-4-5-10)26-16(28)6-15(14)30-9-19(22,23)24/h1-3,6-8,10,17H,4-5,9H2,(H,27,29). The smallest absolute Gasteiger partial charge is 0.422 e. The molecule has 0 spiro atoms. The third kappa shape index (κ3) is 4.50. The molecule has 0 radical (unpaired) electrons. The van der Waals surface area contributed by atoms with Crippen molar-refractivity contribution < 1.29 is 31.5 Å². The first-order chi connectivity index (χ1) is 14.2. The number of imidazole rings is 1. The fraction of sp³-hybridized carbons (Fsp3) is 0.316. The molecule has 0 bridgehead atoms. The fourth-order valence-electron chi connectivity index (χ4n) is 2.87. The molecular weight excluding hydrogens is 411 g/mol. The summed E-state index contributed by atoms with van der Waals surface area (Å²) in [4.78, 5) is 20.4. The highest BCUT2D eigenvalue weighted by Gasteiger charge is 2.30. The molecule has 11 heteroatoms. The summed E-state index contributed by atoms with van der Waals surface area (Å²) in [6.45, 7) is -1.57. The predicted molar refractivity (Wildman–Crippen MR) is 95.9 cm³/mol. The van der Waals surface area contributed by atoms with Gasteiger partial charge in [-0.3, -0.25) is 4.79 Å². The molecule has 1 saturated carbocycles. The fourth-order valence-corrected chi connectivity index (χ4v) is 2.87. The lowest BCUT2D eigenvalue weighted by atomic mass is 10.2. The van der Waals surface area contributed by atoms with Crippen molar-refractivity contribution in [3.05, 3.63) is 53.7 Å². The number of nitrogens with zero attached hydrogens (tertiary/aromatic N) is 3. The Bertz CT molecular complexity index is 1090. The van der Waals surface area contributed by atoms with Crippen molar-refractivity contribution in [1.82, 2.24) is 14.4 Å². The van der Waals surface area contributed by atoms with Crippen molar-refractivity contribution in [2.75, 3.05) is 11.9 Å². The van der Waals surface area contributed by atoms with Gasteiger partial charge in [0, 0.05) is 24.4 Å². The van der Waals surface area contributed by atoms with Gasteiger partial charge in [-0.05, 0) is 25.0 Å². The molecule has 0 aromatic carbocycles. The van der Waals surface area contributed by atoms with Crippen LogP contribution in [0.2, 0.25) is 0 Å². The van der Waals surface area contributed by atoms with E-state index in [0.29, 0.717) is 11.6 Å². The molecule has 1 N–H and O–H groups in total. The largest absolute Gasteiger partial charge is 0.482 e. The first-order valence-corrected chi connectivity index (χ1v) is 8.98. The summed E-state index contributed by atoms with van der Waals surface area (Å²) in [7, 11) is 0. The van der Waals surface area contributed by atoms with Gasteiger partial charge < -0.3 is 14.5 Å². The van der Waals surface area contributed by atoms with E-state index in [4.69, 9.17) is 4.74 Å². The van der Waals surface area contributed by atoms with Crippen LogP contribution >= 0.6 is 0 Å². The SMILES string of the molecule is O=C(Nc1cn2cc(C3CC3)nc2cc1OCC(F)(F)F)c1cccc(C(F)F)n1. The van der Waals surface area contributed by atoms with Crippen LogP contribution in [-0.4, -0.2) is 33.1 Å². The molecule has 0 aliphatic heterocycles. The molecular formula is C19H15F5N4O2. The zero-order valence-electron chi connectivity index (χ0n) is 15.3. The Kier molecular flexibility index (Phi) is 5.04. The lowest BCUT2D eigenvalue weighted by Crippen LogP contribution is -2.21. The van der Waals surface area contributed by atoms with Crippen molar-refractivity contribution in [2.45, 2.75) is 31.4 Å². The van der Waals surface area contributed by atoms with Crippen LogP contribution in [-0.2, 0) is 0 Å². The van der Waals surface area contributed by atoms with E-state index < -0.39 is 30.8 Å². The maximum atomic E-state index is 12.8. The highest BCUT2D eigenvalue weighted by Crippen LogP contribution is 2.40. The average Bonchev–Trinajstić information content (AvgIpc) is 3.45. The van der Waals surface area contributed by atoms with Crippen LogP contribution in [0.4, 0.5) is 27.6 Å². The van der Waals surface area contributed by atoms with Crippen molar-refractivity contribution >= 4 is 17.2 Å². The normalized spacial score (nSPS) is 14.3. The topological polar surface area (TPSA) is 68.5 Å². The molecule has 3 aromatic rings. The molecule has 4 rings (SSSR count). The van der Waals surface area contributed by atoms with Crippen LogP contribution in [0.5, 0.6) is 5.75 Å². The van der Waals surface area contributed by atoms with Gasteiger partial charge in [0.1, 0.15) is 28.5 Å². The number of fused-ring (bicyclic) bond motifs is 1. The minimum absolute atomic E-state index is 0.0688. The van der Waals surface area contributed by atoms with Crippen molar-refractivity contribution in [3.63, 3.8) is 0 Å². The molecule has 3 aromatic heterocycles. The minimum Gasteiger partial charge on any atom is -0.482 e. The van der Waals surface area contributed by atoms with Gasteiger partial charge in [0.25, 0.3) is 12.3 Å². The lowest BCUT2D eigenvalue weighted by Gasteiger charge is -2.14. The Labute approximate surface area is 166 Å². The summed E-state index contributed by atoms with van der Waals surface area (Å²) >= 11 is 0. The number of carbonyl (C=O) groups excluding carboxylic acids is 1. The zero-order valence-corrected chi connectivity index (χ0v) is 15.3. The summed E-state index contributed by atoms with van der Waals surface area (Å²) in [6, 6.07) is 4.82. The van der Waals surface area contributed by atoms with Crippen LogP contribution in [0.25, 0.3) is 5.65 Å². The van der Waals surface area contributed by atoms with E-state index in [2.05, 4.69) is 15.3 Å². The molecule has 6 nitrogen and oxygen atoms in total. The maximum absolute atomic E-state index is 12.8. The lowest BCUT2D eigenvalue weighted by molar-refractivity contribution is -0.153. The van der Waals surface area contributed by atoms with Gasteiger partial charge in [-0.2, -0.15) is 13.2 Å². The third-order valence-electron chi connectivity index (χ3n) is 4.44. The van der Waals surface area contributed by atoms with E-state index in [-0.39, 0.29) is 17.1 Å². The van der Waals surface area contributed by atoms with Gasteiger partial charge >= 0.3 is 6.18 Å². The summed E-state index contributed by atoms with van der Waals surface area (Å²) in [5, 5.41) is 2.39. The van der Waals surface area contributed by atoms with Crippen molar-refractivity contribution in [1.29, 1.82) is 0 Å². The second-order valence-corrected chi connectivity index (χ2v) is 6.86. The Morgan fingerprint density at radius 3 is 2.67 bits per heavy atom. The van der Waals surface area contributed by atoms with Gasteiger partial charge in [0.05, 0.1) is 5.69 Å². The van der Waals surface area contributed by atoms with Gasteiger partial charge in [0.2, 0.25) is 0 Å². The van der Waals surface area contributed by atoms with E-state index in [1.807, 2.05) is 0 Å². The second-order valence-electron chi connectivity index (χ2n) is 6.86. The number of rotatable bonds is 6. The highest BCUT2D eigenvalue weighted by atomic mass is 19.4. The summed E-state index contributed by atoms with van der Waals surface area (Å²) in [5.41, 5.74) is 0.200.